The van der Waals surface area contributed by atoms with Gasteiger partial charge in [-0.2, -0.15) is 0 Å². The molecule has 33 heavy (non-hydrogen) atoms. The van der Waals surface area contributed by atoms with E-state index >= 15 is 0 Å². The van der Waals surface area contributed by atoms with Crippen LogP contribution in [0.5, 0.6) is 0 Å². The van der Waals surface area contributed by atoms with Gasteiger partial charge in [-0.3, -0.25) is 9.88 Å². The molecule has 3 aromatic heterocycles. The highest BCUT2D eigenvalue weighted by Crippen LogP contribution is 2.35. The molecule has 0 bridgehead atoms. The number of halogens is 2. The Bertz CT molecular complexity index is 1210. The van der Waals surface area contributed by atoms with Gasteiger partial charge in [-0.1, -0.05) is 42.6 Å². The van der Waals surface area contributed by atoms with Crippen LogP contribution in [-0.4, -0.2) is 61.3 Å². The minimum absolute atomic E-state index is 0.0401. The van der Waals surface area contributed by atoms with Gasteiger partial charge in [0.1, 0.15) is 0 Å². The average molecular weight is 485 g/mol. The zero-order valence-electron chi connectivity index (χ0n) is 18.5. The zero-order chi connectivity index (χ0) is 22.8. The number of tetrazole rings is 1. The predicted molar refractivity (Wildman–Crippen MR) is 131 cm³/mol. The van der Waals surface area contributed by atoms with E-state index in [0.29, 0.717) is 10.0 Å². The van der Waals surface area contributed by atoms with Crippen LogP contribution in [0.4, 0.5) is 5.69 Å². The molecule has 0 saturated carbocycles. The minimum atomic E-state index is -0.0401. The van der Waals surface area contributed by atoms with Crippen LogP contribution in [0, 0.1) is 0 Å². The van der Waals surface area contributed by atoms with Crippen LogP contribution in [0.25, 0.3) is 10.9 Å². The number of nitrogens with one attached hydrogen (secondary N) is 1. The lowest BCUT2D eigenvalue weighted by atomic mass is 10.0. The second kappa shape index (κ2) is 9.67. The molecule has 1 aliphatic rings. The monoisotopic (exact) mass is 484 g/mol. The number of nitrogens with zero attached hydrogens (tertiary/aromatic N) is 7. The molecule has 0 radical (unpaired) electrons. The lowest BCUT2D eigenvalue weighted by molar-refractivity contribution is 0.200. The lowest BCUT2D eigenvalue weighted by Gasteiger charge is -2.40. The highest BCUT2D eigenvalue weighted by molar-refractivity contribution is 6.38. The molecule has 0 amide bonds. The number of aromatic amines is 1. The number of fused-ring (bicyclic) bond motifs is 1. The van der Waals surface area contributed by atoms with Crippen molar-refractivity contribution >= 4 is 39.8 Å². The summed E-state index contributed by atoms with van der Waals surface area (Å²) < 4.78 is 1.96. The van der Waals surface area contributed by atoms with Gasteiger partial charge in [0.05, 0.1) is 21.8 Å². The smallest absolute Gasteiger partial charge is 0.173 e. The maximum absolute atomic E-state index is 6.42. The summed E-state index contributed by atoms with van der Waals surface area (Å²) >= 11 is 12.8. The number of unbranched alkanes of at least 4 members (excludes halogenated alkanes) is 1. The molecule has 1 saturated heterocycles. The molecule has 8 nitrogen and oxygen atoms in total. The summed E-state index contributed by atoms with van der Waals surface area (Å²) in [5.41, 5.74) is 3.16. The topological polar surface area (TPSA) is 78.8 Å². The third-order valence-electron chi connectivity index (χ3n) is 6.24. The van der Waals surface area contributed by atoms with Gasteiger partial charge in [0.25, 0.3) is 0 Å². The molecule has 4 aromatic rings. The first-order chi connectivity index (χ1) is 16.2. The number of pyridine rings is 1. The summed E-state index contributed by atoms with van der Waals surface area (Å²) in [6.07, 6.45) is 7.38. The maximum atomic E-state index is 6.42. The van der Waals surface area contributed by atoms with E-state index < -0.39 is 0 Å². The van der Waals surface area contributed by atoms with E-state index in [2.05, 4.69) is 66.5 Å². The van der Waals surface area contributed by atoms with E-state index in [1.54, 1.807) is 12.4 Å². The van der Waals surface area contributed by atoms with Crippen LogP contribution in [0.3, 0.4) is 0 Å². The number of benzene rings is 1. The molecule has 1 aromatic carbocycles. The second-order valence-electron chi connectivity index (χ2n) is 8.32. The molecular formula is C23H26Cl2N8. The lowest BCUT2D eigenvalue weighted by Crippen LogP contribution is -2.48. The van der Waals surface area contributed by atoms with Crippen molar-refractivity contribution in [1.82, 2.24) is 35.1 Å². The van der Waals surface area contributed by atoms with Gasteiger partial charge in [0.2, 0.25) is 0 Å². The number of H-pyrrole nitrogens is 1. The van der Waals surface area contributed by atoms with Crippen molar-refractivity contribution in [1.29, 1.82) is 0 Å². The van der Waals surface area contributed by atoms with Gasteiger partial charge in [-0.25, -0.2) is 4.68 Å². The fourth-order valence-corrected chi connectivity index (χ4v) is 5.15. The largest absolute Gasteiger partial charge is 0.366 e. The molecule has 5 rings (SSSR count). The molecule has 0 spiro atoms. The van der Waals surface area contributed by atoms with E-state index in [0.717, 1.165) is 62.6 Å². The maximum Gasteiger partial charge on any atom is 0.173 e. The normalized spacial score (nSPS) is 15.9. The van der Waals surface area contributed by atoms with Gasteiger partial charge in [0.15, 0.2) is 5.82 Å². The van der Waals surface area contributed by atoms with E-state index in [9.17, 15) is 0 Å². The summed E-state index contributed by atoms with van der Waals surface area (Å²) in [6, 6.07) is 8.59. The van der Waals surface area contributed by atoms with Crippen molar-refractivity contribution in [3.8, 4) is 0 Å². The highest BCUT2D eigenvalue weighted by atomic mass is 35.5. The molecule has 10 heteroatoms. The van der Waals surface area contributed by atoms with Gasteiger partial charge in [-0.05, 0) is 46.0 Å². The number of aromatic nitrogens is 6. The number of anilines is 1. The van der Waals surface area contributed by atoms with Crippen LogP contribution in [0.1, 0.15) is 37.2 Å². The van der Waals surface area contributed by atoms with Gasteiger partial charge in [0, 0.05) is 56.8 Å². The number of piperazine rings is 1. The molecule has 172 valence electrons. The van der Waals surface area contributed by atoms with Crippen molar-refractivity contribution in [3.05, 3.63) is 64.3 Å². The zero-order valence-corrected chi connectivity index (χ0v) is 20.0. The second-order valence-corrected chi connectivity index (χ2v) is 9.13. The van der Waals surface area contributed by atoms with Crippen molar-refractivity contribution in [2.45, 2.75) is 32.4 Å². The predicted octanol–water partition coefficient (Wildman–Crippen LogP) is 4.57. The molecule has 1 atom stereocenters. The van der Waals surface area contributed by atoms with Crippen LogP contribution >= 0.6 is 23.2 Å². The number of aryl methyl sites for hydroxylation is 1. The van der Waals surface area contributed by atoms with Crippen molar-refractivity contribution in [2.75, 3.05) is 31.1 Å². The number of hydrogen-bond acceptors (Lipinski definition) is 6. The highest BCUT2D eigenvalue weighted by Gasteiger charge is 2.31. The standard InChI is InChI=1S/C23H26Cl2N8/c1-2-3-8-33-23(28-29-30-33)21(17-4-5-20-16(13-17)6-7-27-20)31-9-11-32(12-10-31)22-18(24)14-26-15-19(22)25/h4-7,13-15,21,27H,2-3,8-12H2,1H3. The number of hydrogen-bond donors (Lipinski definition) is 1. The van der Waals surface area contributed by atoms with Gasteiger partial charge >= 0.3 is 0 Å². The Hall–Kier alpha value is -2.68. The van der Waals surface area contributed by atoms with Crippen molar-refractivity contribution < 1.29 is 0 Å². The summed E-state index contributed by atoms with van der Waals surface area (Å²) in [4.78, 5) is 12.0. The van der Waals surface area contributed by atoms with E-state index in [4.69, 9.17) is 23.2 Å². The van der Waals surface area contributed by atoms with Crippen molar-refractivity contribution in [3.63, 3.8) is 0 Å². The summed E-state index contributed by atoms with van der Waals surface area (Å²) in [5.74, 6) is 0.881. The molecule has 1 aliphatic heterocycles. The van der Waals surface area contributed by atoms with E-state index in [1.165, 1.54) is 10.9 Å². The Labute approximate surface area is 202 Å². The minimum Gasteiger partial charge on any atom is -0.366 e. The quantitative estimate of drug-likeness (QED) is 0.413. The molecule has 4 heterocycles. The van der Waals surface area contributed by atoms with E-state index in [1.807, 2.05) is 10.9 Å². The summed E-state index contributed by atoms with van der Waals surface area (Å²) in [6.45, 7) is 6.22. The van der Waals surface area contributed by atoms with Crippen LogP contribution < -0.4 is 4.90 Å². The molecule has 1 unspecified atom stereocenters. The van der Waals surface area contributed by atoms with Crippen LogP contribution in [0.15, 0.2) is 42.9 Å². The number of rotatable bonds is 7. The molecular weight excluding hydrogens is 459 g/mol. The summed E-state index contributed by atoms with van der Waals surface area (Å²) in [5, 5.41) is 15.2. The van der Waals surface area contributed by atoms with Gasteiger partial charge in [-0.15, -0.1) is 5.10 Å². The molecule has 1 fully saturated rings. The first-order valence-electron chi connectivity index (χ1n) is 11.3. The molecule has 0 aliphatic carbocycles. The first-order valence-corrected chi connectivity index (χ1v) is 12.0. The third-order valence-corrected chi connectivity index (χ3v) is 6.80. The van der Waals surface area contributed by atoms with Crippen LogP contribution in [-0.2, 0) is 6.54 Å². The summed E-state index contributed by atoms with van der Waals surface area (Å²) in [7, 11) is 0. The average Bonchev–Trinajstić information content (AvgIpc) is 3.48. The van der Waals surface area contributed by atoms with Crippen molar-refractivity contribution in [2.24, 2.45) is 0 Å². The van der Waals surface area contributed by atoms with Crippen LogP contribution in [0.2, 0.25) is 10.0 Å². The Balaban J connectivity index is 1.46. The Morgan fingerprint density at radius 2 is 1.85 bits per heavy atom. The van der Waals surface area contributed by atoms with Gasteiger partial charge < -0.3 is 9.88 Å². The molecule has 1 N–H and O–H groups in total. The SMILES string of the molecule is CCCCn1nnnc1C(c1ccc2[nH]ccc2c1)N1CCN(c2c(Cl)cncc2Cl)CC1. The fourth-order valence-electron chi connectivity index (χ4n) is 4.55. The Kier molecular flexibility index (Phi) is 6.48. The third kappa shape index (κ3) is 4.43. The Morgan fingerprint density at radius 3 is 2.61 bits per heavy atom. The van der Waals surface area contributed by atoms with E-state index in [-0.39, 0.29) is 6.04 Å². The Morgan fingerprint density at radius 1 is 1.06 bits per heavy atom. The fraction of sp³-hybridized carbons (Fsp3) is 0.391. The first kappa shape index (κ1) is 22.1.